The van der Waals surface area contributed by atoms with Crippen LogP contribution >= 0.6 is 0 Å². The number of hydrogen-bond acceptors (Lipinski definition) is 4. The Balaban J connectivity index is 1.67. The SMILES string of the molecule is O=C(NF)c1cccc(OCc2coc(-c3ccccc3)n2)c1. The van der Waals surface area contributed by atoms with Crippen LogP contribution in [0.2, 0.25) is 0 Å². The zero-order chi connectivity index (χ0) is 16.1. The molecule has 0 aliphatic heterocycles. The van der Waals surface area contributed by atoms with E-state index in [1.165, 1.54) is 18.4 Å². The van der Waals surface area contributed by atoms with Crippen molar-refractivity contribution in [3.63, 3.8) is 0 Å². The smallest absolute Gasteiger partial charge is 0.279 e. The van der Waals surface area contributed by atoms with Crippen molar-refractivity contribution >= 4 is 5.91 Å². The molecule has 0 atom stereocenters. The number of amides is 1. The highest BCUT2D eigenvalue weighted by atomic mass is 19.2. The Morgan fingerprint density at radius 3 is 2.78 bits per heavy atom. The summed E-state index contributed by atoms with van der Waals surface area (Å²) < 4.78 is 23.1. The number of aromatic nitrogens is 1. The number of nitrogens with zero attached hydrogens (tertiary/aromatic N) is 1. The van der Waals surface area contributed by atoms with Gasteiger partial charge in [-0.05, 0) is 30.3 Å². The molecule has 5 nitrogen and oxygen atoms in total. The van der Waals surface area contributed by atoms with Gasteiger partial charge < -0.3 is 9.15 Å². The molecule has 0 saturated carbocycles. The van der Waals surface area contributed by atoms with Crippen molar-refractivity contribution in [1.29, 1.82) is 0 Å². The maximum Gasteiger partial charge on any atom is 0.279 e. The van der Waals surface area contributed by atoms with E-state index in [1.54, 1.807) is 12.1 Å². The number of oxazole rings is 1. The normalized spacial score (nSPS) is 10.3. The van der Waals surface area contributed by atoms with Gasteiger partial charge in [-0.15, -0.1) is 0 Å². The molecule has 116 valence electrons. The zero-order valence-corrected chi connectivity index (χ0v) is 12.0. The van der Waals surface area contributed by atoms with Crippen LogP contribution in [0.3, 0.4) is 0 Å². The van der Waals surface area contributed by atoms with E-state index in [0.29, 0.717) is 17.3 Å². The second-order valence-corrected chi connectivity index (χ2v) is 4.75. The summed E-state index contributed by atoms with van der Waals surface area (Å²) in [5.41, 5.74) is 2.75. The van der Waals surface area contributed by atoms with Crippen molar-refractivity contribution in [3.05, 3.63) is 72.1 Å². The molecule has 1 aromatic heterocycles. The van der Waals surface area contributed by atoms with Gasteiger partial charge in [-0.3, -0.25) is 4.79 Å². The van der Waals surface area contributed by atoms with Crippen molar-refractivity contribution in [1.82, 2.24) is 10.5 Å². The molecule has 0 saturated heterocycles. The third-order valence-electron chi connectivity index (χ3n) is 3.14. The molecule has 1 N–H and O–H groups in total. The van der Waals surface area contributed by atoms with Gasteiger partial charge in [-0.1, -0.05) is 28.7 Å². The molecular formula is C17H13FN2O3. The van der Waals surface area contributed by atoms with Gasteiger partial charge >= 0.3 is 0 Å². The third kappa shape index (κ3) is 3.55. The zero-order valence-electron chi connectivity index (χ0n) is 12.0. The average Bonchev–Trinajstić information content (AvgIpc) is 3.09. The van der Waals surface area contributed by atoms with Crippen LogP contribution in [-0.4, -0.2) is 10.9 Å². The first-order chi connectivity index (χ1) is 11.3. The quantitative estimate of drug-likeness (QED) is 0.732. The molecule has 0 fully saturated rings. The molecule has 0 bridgehead atoms. The van der Waals surface area contributed by atoms with Gasteiger partial charge in [0.25, 0.3) is 5.91 Å². The number of nitrogens with one attached hydrogen (secondary N) is 1. The molecule has 0 radical (unpaired) electrons. The van der Waals surface area contributed by atoms with Crippen LogP contribution in [0.5, 0.6) is 5.75 Å². The summed E-state index contributed by atoms with van der Waals surface area (Å²) in [5, 5.41) is 0. The van der Waals surface area contributed by atoms with Crippen molar-refractivity contribution in [2.24, 2.45) is 0 Å². The van der Waals surface area contributed by atoms with Crippen LogP contribution in [0.25, 0.3) is 11.5 Å². The number of ether oxygens (including phenoxy) is 1. The van der Waals surface area contributed by atoms with Crippen LogP contribution in [0.15, 0.2) is 65.3 Å². The molecule has 0 unspecified atom stereocenters. The van der Waals surface area contributed by atoms with Gasteiger partial charge in [-0.2, -0.15) is 5.54 Å². The standard InChI is InChI=1S/C17H13FN2O3/c18-20-16(21)13-7-4-8-15(9-13)22-10-14-11-23-17(19-14)12-5-2-1-3-6-12/h1-9,11H,10H2,(H,20,21). The monoisotopic (exact) mass is 312 g/mol. The molecule has 1 amide bonds. The topological polar surface area (TPSA) is 64.4 Å². The van der Waals surface area contributed by atoms with Crippen LogP contribution in [0, 0.1) is 0 Å². The molecule has 23 heavy (non-hydrogen) atoms. The second-order valence-electron chi connectivity index (χ2n) is 4.75. The predicted molar refractivity (Wildman–Crippen MR) is 81.3 cm³/mol. The van der Waals surface area contributed by atoms with Crippen LogP contribution < -0.4 is 10.3 Å². The Bertz CT molecular complexity index is 802. The molecule has 0 aliphatic rings. The van der Waals surface area contributed by atoms with Gasteiger partial charge in [-0.25, -0.2) is 4.98 Å². The Morgan fingerprint density at radius 1 is 1.17 bits per heavy atom. The van der Waals surface area contributed by atoms with Crippen LogP contribution in [-0.2, 0) is 6.61 Å². The summed E-state index contributed by atoms with van der Waals surface area (Å²) in [6.07, 6.45) is 1.51. The van der Waals surface area contributed by atoms with Gasteiger partial charge in [0.1, 0.15) is 24.3 Å². The second kappa shape index (κ2) is 6.74. The van der Waals surface area contributed by atoms with E-state index in [-0.39, 0.29) is 12.2 Å². The first kappa shape index (κ1) is 14.8. The summed E-state index contributed by atoms with van der Waals surface area (Å²) in [5.74, 6) is 0.133. The third-order valence-corrected chi connectivity index (χ3v) is 3.14. The minimum Gasteiger partial charge on any atom is -0.487 e. The number of carbonyl (C=O) groups is 1. The van der Waals surface area contributed by atoms with E-state index in [1.807, 2.05) is 30.3 Å². The summed E-state index contributed by atoms with van der Waals surface area (Å²) >= 11 is 0. The fourth-order valence-corrected chi connectivity index (χ4v) is 2.03. The Labute approximate surface area is 131 Å². The molecule has 0 aliphatic carbocycles. The van der Waals surface area contributed by atoms with Crippen molar-refractivity contribution in [2.45, 2.75) is 6.61 Å². The van der Waals surface area contributed by atoms with Gasteiger partial charge in [0, 0.05) is 11.1 Å². The maximum atomic E-state index is 12.2. The van der Waals surface area contributed by atoms with Crippen LogP contribution in [0.4, 0.5) is 4.48 Å². The first-order valence-electron chi connectivity index (χ1n) is 6.90. The molecule has 1 heterocycles. The number of halogens is 1. The lowest BCUT2D eigenvalue weighted by molar-refractivity contribution is 0.0859. The molecular weight excluding hydrogens is 299 g/mol. The van der Waals surface area contributed by atoms with Crippen molar-refractivity contribution in [2.75, 3.05) is 0 Å². The fraction of sp³-hybridized carbons (Fsp3) is 0.0588. The lowest BCUT2D eigenvalue weighted by atomic mass is 10.2. The molecule has 2 aromatic carbocycles. The van der Waals surface area contributed by atoms with Gasteiger partial charge in [0.15, 0.2) is 0 Å². The summed E-state index contributed by atoms with van der Waals surface area (Å²) in [6, 6.07) is 15.7. The highest BCUT2D eigenvalue weighted by Crippen LogP contribution is 2.19. The largest absolute Gasteiger partial charge is 0.487 e. The van der Waals surface area contributed by atoms with E-state index in [9.17, 15) is 9.28 Å². The highest BCUT2D eigenvalue weighted by Gasteiger charge is 2.08. The summed E-state index contributed by atoms with van der Waals surface area (Å²) in [6.45, 7) is 0.178. The first-order valence-corrected chi connectivity index (χ1v) is 6.90. The van der Waals surface area contributed by atoms with Gasteiger partial charge in [0.05, 0.1) is 0 Å². The number of benzene rings is 2. The Morgan fingerprint density at radius 2 is 2.00 bits per heavy atom. The minimum atomic E-state index is -0.816. The highest BCUT2D eigenvalue weighted by molar-refractivity contribution is 5.93. The minimum absolute atomic E-state index is 0.176. The number of rotatable bonds is 5. The Hall–Kier alpha value is -3.15. The summed E-state index contributed by atoms with van der Waals surface area (Å²) in [4.78, 5) is 15.6. The van der Waals surface area contributed by atoms with Gasteiger partial charge in [0.2, 0.25) is 5.89 Å². The molecule has 6 heteroatoms. The van der Waals surface area contributed by atoms with E-state index in [4.69, 9.17) is 9.15 Å². The average molecular weight is 312 g/mol. The lowest BCUT2D eigenvalue weighted by Gasteiger charge is -2.05. The molecule has 3 rings (SSSR count). The van der Waals surface area contributed by atoms with E-state index in [2.05, 4.69) is 4.98 Å². The predicted octanol–water partition coefficient (Wildman–Crippen LogP) is 3.53. The summed E-state index contributed by atoms with van der Waals surface area (Å²) in [7, 11) is 0. The van der Waals surface area contributed by atoms with Crippen LogP contribution in [0.1, 0.15) is 16.1 Å². The number of carbonyl (C=O) groups excluding carboxylic acids is 1. The molecule has 3 aromatic rings. The van der Waals surface area contributed by atoms with E-state index in [0.717, 1.165) is 11.1 Å². The van der Waals surface area contributed by atoms with Crippen molar-refractivity contribution < 1.29 is 18.4 Å². The number of hydrogen-bond donors (Lipinski definition) is 1. The van der Waals surface area contributed by atoms with E-state index >= 15 is 0 Å². The lowest BCUT2D eigenvalue weighted by Crippen LogP contribution is -2.13. The van der Waals surface area contributed by atoms with Crippen molar-refractivity contribution in [3.8, 4) is 17.2 Å². The fourth-order valence-electron chi connectivity index (χ4n) is 2.03. The van der Waals surface area contributed by atoms with E-state index < -0.39 is 5.91 Å². The maximum absolute atomic E-state index is 12.2. The molecule has 0 spiro atoms. The Kier molecular flexibility index (Phi) is 4.33.